The van der Waals surface area contributed by atoms with Crippen molar-refractivity contribution in [1.29, 1.82) is 5.26 Å². The molecule has 0 N–H and O–H groups in total. The minimum absolute atomic E-state index is 0.0913. The van der Waals surface area contributed by atoms with E-state index in [1.54, 1.807) is 19.2 Å². The summed E-state index contributed by atoms with van der Waals surface area (Å²) in [5.74, 6) is 0.577. The van der Waals surface area contributed by atoms with Crippen molar-refractivity contribution >= 4 is 17.9 Å². The zero-order chi connectivity index (χ0) is 21.0. The van der Waals surface area contributed by atoms with Gasteiger partial charge in [0.1, 0.15) is 11.4 Å². The van der Waals surface area contributed by atoms with Crippen molar-refractivity contribution in [3.8, 4) is 23.4 Å². The van der Waals surface area contributed by atoms with Crippen LogP contribution in [0.1, 0.15) is 27.2 Å². The van der Waals surface area contributed by atoms with E-state index < -0.39 is 5.56 Å². The number of aromatic nitrogens is 3. The number of nitrogens with zero attached hydrogens (tertiary/aromatic N) is 4. The first-order chi connectivity index (χ1) is 13.9. The number of aryl methyl sites for hydroxylation is 1. The van der Waals surface area contributed by atoms with Gasteiger partial charge in [0, 0.05) is 16.8 Å². The van der Waals surface area contributed by atoms with Crippen LogP contribution in [-0.2, 0) is 6.54 Å². The number of hydrogen-bond donors (Lipinski definition) is 0. The lowest BCUT2D eigenvalue weighted by atomic mass is 10.2. The first-order valence-corrected chi connectivity index (χ1v) is 8.77. The first kappa shape index (κ1) is 20.0. The van der Waals surface area contributed by atoms with E-state index in [1.165, 1.54) is 35.9 Å². The first-order valence-electron chi connectivity index (χ1n) is 8.39. The van der Waals surface area contributed by atoms with Gasteiger partial charge in [0.25, 0.3) is 5.56 Å². The summed E-state index contributed by atoms with van der Waals surface area (Å²) in [5, 5.41) is 17.0. The molecule has 0 radical (unpaired) electrons. The third-order valence-electron chi connectivity index (χ3n) is 4.05. The van der Waals surface area contributed by atoms with Crippen LogP contribution >= 0.6 is 11.6 Å². The number of nitriles is 1. The van der Waals surface area contributed by atoms with Crippen molar-refractivity contribution in [3.63, 3.8) is 0 Å². The Balaban J connectivity index is 2.00. The molecular formula is C20H15ClN4O4. The van der Waals surface area contributed by atoms with Gasteiger partial charge in [-0.25, -0.2) is 0 Å². The molecule has 0 bridgehead atoms. The van der Waals surface area contributed by atoms with Gasteiger partial charge in [-0.1, -0.05) is 11.6 Å². The fraction of sp³-hybridized carbons (Fsp3) is 0.150. The van der Waals surface area contributed by atoms with Crippen molar-refractivity contribution < 1.29 is 14.3 Å². The van der Waals surface area contributed by atoms with Crippen molar-refractivity contribution in [1.82, 2.24) is 14.8 Å². The summed E-state index contributed by atoms with van der Waals surface area (Å²) >= 11 is 6.01. The molecule has 0 aliphatic rings. The third kappa shape index (κ3) is 4.42. The van der Waals surface area contributed by atoms with Crippen LogP contribution in [0.4, 0.5) is 0 Å². The van der Waals surface area contributed by atoms with Gasteiger partial charge in [-0.3, -0.25) is 9.59 Å². The Hall–Kier alpha value is -3.70. The molecule has 2 aromatic heterocycles. The van der Waals surface area contributed by atoms with E-state index in [0.717, 1.165) is 0 Å². The van der Waals surface area contributed by atoms with Gasteiger partial charge in [-0.05, 0) is 42.8 Å². The van der Waals surface area contributed by atoms with Crippen LogP contribution in [0, 0.1) is 18.3 Å². The molecule has 0 amide bonds. The molecule has 0 saturated heterocycles. The molecule has 9 heteroatoms. The summed E-state index contributed by atoms with van der Waals surface area (Å²) in [7, 11) is 1.42. The van der Waals surface area contributed by atoms with Gasteiger partial charge < -0.3 is 14.0 Å². The van der Waals surface area contributed by atoms with Crippen LogP contribution < -0.4 is 15.0 Å². The highest BCUT2D eigenvalue weighted by Crippen LogP contribution is 2.26. The molecule has 146 valence electrons. The standard InChI is InChI=1S/C20H15ClN4O4/c1-12-3-4-25(10-14-7-16(11-26)23-24-19(14)28-2)20(27)18(12)29-17-6-13(9-22)5-15(21)8-17/h3-8,11H,10H2,1-2H3. The molecule has 1 aromatic carbocycles. The van der Waals surface area contributed by atoms with Gasteiger partial charge in [-0.15, -0.1) is 10.2 Å². The Labute approximate surface area is 170 Å². The Bertz CT molecular complexity index is 1180. The van der Waals surface area contributed by atoms with Crippen LogP contribution in [0.2, 0.25) is 5.02 Å². The molecule has 0 fully saturated rings. The van der Waals surface area contributed by atoms with Crippen LogP contribution in [0.15, 0.2) is 41.3 Å². The lowest BCUT2D eigenvalue weighted by Crippen LogP contribution is -2.22. The normalized spacial score (nSPS) is 10.3. The summed E-state index contributed by atoms with van der Waals surface area (Å²) in [5.41, 5.74) is 1.15. The Morgan fingerprint density at radius 1 is 1.28 bits per heavy atom. The zero-order valence-corrected chi connectivity index (χ0v) is 16.3. The van der Waals surface area contributed by atoms with E-state index >= 15 is 0 Å². The SMILES string of the molecule is COc1nnc(C=O)cc1Cn1ccc(C)c(Oc2cc(Cl)cc(C#N)c2)c1=O. The molecule has 2 heterocycles. The molecule has 3 aromatic rings. The van der Waals surface area contributed by atoms with E-state index in [-0.39, 0.29) is 29.6 Å². The van der Waals surface area contributed by atoms with Gasteiger partial charge in [0.2, 0.25) is 5.88 Å². The summed E-state index contributed by atoms with van der Waals surface area (Å²) in [6.45, 7) is 1.82. The largest absolute Gasteiger partial charge is 0.480 e. The van der Waals surface area contributed by atoms with Gasteiger partial charge >= 0.3 is 0 Å². The number of pyridine rings is 1. The second-order valence-electron chi connectivity index (χ2n) is 6.07. The summed E-state index contributed by atoms with van der Waals surface area (Å²) in [4.78, 5) is 24.0. The highest BCUT2D eigenvalue weighted by atomic mass is 35.5. The molecular weight excluding hydrogens is 396 g/mol. The van der Waals surface area contributed by atoms with E-state index in [0.29, 0.717) is 28.0 Å². The molecule has 0 atom stereocenters. The van der Waals surface area contributed by atoms with E-state index in [4.69, 9.17) is 26.3 Å². The fourth-order valence-electron chi connectivity index (χ4n) is 2.66. The molecule has 3 rings (SSSR count). The van der Waals surface area contributed by atoms with Gasteiger partial charge in [-0.2, -0.15) is 5.26 Å². The van der Waals surface area contributed by atoms with Crippen molar-refractivity contribution in [2.45, 2.75) is 13.5 Å². The van der Waals surface area contributed by atoms with Crippen LogP contribution in [0.3, 0.4) is 0 Å². The number of aldehydes is 1. The second kappa shape index (κ2) is 8.54. The number of benzene rings is 1. The predicted octanol–water partition coefficient (Wildman–Crippen LogP) is 3.13. The number of ether oxygens (including phenoxy) is 2. The maximum atomic E-state index is 13.0. The minimum Gasteiger partial charge on any atom is -0.480 e. The molecule has 8 nitrogen and oxygen atoms in total. The Kier molecular flexibility index (Phi) is 5.90. The van der Waals surface area contributed by atoms with Crippen LogP contribution in [-0.4, -0.2) is 28.2 Å². The monoisotopic (exact) mass is 410 g/mol. The Morgan fingerprint density at radius 3 is 2.76 bits per heavy atom. The van der Waals surface area contributed by atoms with Gasteiger partial charge in [0.15, 0.2) is 12.0 Å². The van der Waals surface area contributed by atoms with Crippen molar-refractivity contribution in [2.75, 3.05) is 7.11 Å². The lowest BCUT2D eigenvalue weighted by Gasteiger charge is -2.13. The number of hydrogen-bond acceptors (Lipinski definition) is 7. The number of rotatable bonds is 6. The van der Waals surface area contributed by atoms with Crippen molar-refractivity contribution in [2.24, 2.45) is 0 Å². The maximum Gasteiger partial charge on any atom is 0.294 e. The van der Waals surface area contributed by atoms with E-state index in [9.17, 15) is 9.59 Å². The summed E-state index contributed by atoms with van der Waals surface area (Å²) in [6.07, 6.45) is 2.16. The summed E-state index contributed by atoms with van der Waals surface area (Å²) in [6, 6.07) is 9.72. The molecule has 0 unspecified atom stereocenters. The maximum absolute atomic E-state index is 13.0. The highest BCUT2D eigenvalue weighted by molar-refractivity contribution is 6.30. The molecule has 0 aliphatic carbocycles. The van der Waals surface area contributed by atoms with Gasteiger partial charge in [0.05, 0.1) is 25.3 Å². The molecule has 0 spiro atoms. The third-order valence-corrected chi connectivity index (χ3v) is 4.26. The van der Waals surface area contributed by atoms with Crippen LogP contribution in [0.5, 0.6) is 17.4 Å². The average Bonchev–Trinajstić information content (AvgIpc) is 2.72. The van der Waals surface area contributed by atoms with Crippen molar-refractivity contribution in [3.05, 3.63) is 74.3 Å². The lowest BCUT2D eigenvalue weighted by molar-refractivity contribution is 0.111. The van der Waals surface area contributed by atoms with E-state index in [1.807, 2.05) is 6.07 Å². The number of carbonyl (C=O) groups excluding carboxylic acids is 1. The van der Waals surface area contributed by atoms with Crippen LogP contribution in [0.25, 0.3) is 0 Å². The van der Waals surface area contributed by atoms with E-state index in [2.05, 4.69) is 10.2 Å². The smallest absolute Gasteiger partial charge is 0.294 e. The number of methoxy groups -OCH3 is 1. The minimum atomic E-state index is -0.407. The molecule has 0 saturated carbocycles. The predicted molar refractivity (Wildman–Crippen MR) is 105 cm³/mol. The zero-order valence-electron chi connectivity index (χ0n) is 15.5. The number of carbonyl (C=O) groups is 1. The topological polar surface area (TPSA) is 107 Å². The average molecular weight is 411 g/mol. The fourth-order valence-corrected chi connectivity index (χ4v) is 2.88. The summed E-state index contributed by atoms with van der Waals surface area (Å²) < 4.78 is 12.3. The second-order valence-corrected chi connectivity index (χ2v) is 6.51. The quantitative estimate of drug-likeness (QED) is 0.574. The highest BCUT2D eigenvalue weighted by Gasteiger charge is 2.14. The number of halogens is 1. The molecule has 0 aliphatic heterocycles. The molecule has 29 heavy (non-hydrogen) atoms. The Morgan fingerprint density at radius 2 is 2.07 bits per heavy atom.